The first-order valence-electron chi connectivity index (χ1n) is 5.82. The first kappa shape index (κ1) is 11.0. The molecule has 16 heavy (non-hydrogen) atoms. The summed E-state index contributed by atoms with van der Waals surface area (Å²) >= 11 is 0. The fourth-order valence-corrected chi connectivity index (χ4v) is 1.86. The van der Waals surface area contributed by atoms with E-state index in [1.807, 2.05) is 31.2 Å². The normalized spacial score (nSPS) is 17.6. The summed E-state index contributed by atoms with van der Waals surface area (Å²) in [6, 6.07) is 7.93. The average molecular weight is 218 g/mol. The molecular formula is C13H18N2O. The number of nitrogen functional groups attached to an aromatic ring is 1. The molecule has 3 nitrogen and oxygen atoms in total. The van der Waals surface area contributed by atoms with Gasteiger partial charge in [-0.25, -0.2) is 0 Å². The second-order valence-corrected chi connectivity index (χ2v) is 4.53. The third-order valence-electron chi connectivity index (χ3n) is 3.26. The van der Waals surface area contributed by atoms with Gasteiger partial charge in [0, 0.05) is 11.7 Å². The summed E-state index contributed by atoms with van der Waals surface area (Å²) in [5, 5.41) is 3.05. The van der Waals surface area contributed by atoms with E-state index < -0.39 is 0 Å². The van der Waals surface area contributed by atoms with E-state index in [9.17, 15) is 4.79 Å². The van der Waals surface area contributed by atoms with E-state index in [0.717, 1.165) is 18.4 Å². The molecule has 86 valence electrons. The van der Waals surface area contributed by atoms with E-state index in [1.54, 1.807) is 0 Å². The van der Waals surface area contributed by atoms with Crippen molar-refractivity contribution in [2.24, 2.45) is 0 Å². The number of benzene rings is 1. The Labute approximate surface area is 96.0 Å². The summed E-state index contributed by atoms with van der Waals surface area (Å²) in [7, 11) is 0. The summed E-state index contributed by atoms with van der Waals surface area (Å²) in [6.07, 6.45) is 3.47. The van der Waals surface area contributed by atoms with Crippen LogP contribution < -0.4 is 11.1 Å². The van der Waals surface area contributed by atoms with Gasteiger partial charge in [-0.2, -0.15) is 0 Å². The van der Waals surface area contributed by atoms with Crippen LogP contribution >= 0.6 is 0 Å². The van der Waals surface area contributed by atoms with Crippen LogP contribution in [0.1, 0.15) is 37.7 Å². The summed E-state index contributed by atoms with van der Waals surface area (Å²) in [6.45, 7) is 1.92. The highest BCUT2D eigenvalue weighted by Crippen LogP contribution is 2.22. The molecule has 1 amide bonds. The molecule has 0 aromatic heterocycles. The van der Waals surface area contributed by atoms with Crippen LogP contribution in [0.4, 0.5) is 5.69 Å². The van der Waals surface area contributed by atoms with Gasteiger partial charge in [0.2, 0.25) is 5.91 Å². The van der Waals surface area contributed by atoms with Gasteiger partial charge < -0.3 is 11.1 Å². The molecule has 1 aromatic carbocycles. The molecule has 1 saturated carbocycles. The van der Waals surface area contributed by atoms with Crippen LogP contribution in [0, 0.1) is 0 Å². The summed E-state index contributed by atoms with van der Waals surface area (Å²) in [5.74, 6) is -0.0144. The van der Waals surface area contributed by atoms with Crippen molar-refractivity contribution >= 4 is 11.6 Å². The lowest BCUT2D eigenvalue weighted by Gasteiger charge is -2.27. The first-order valence-corrected chi connectivity index (χ1v) is 5.82. The molecule has 1 unspecified atom stereocenters. The quantitative estimate of drug-likeness (QED) is 0.763. The molecule has 1 fully saturated rings. The highest BCUT2D eigenvalue weighted by molar-refractivity contribution is 5.83. The van der Waals surface area contributed by atoms with E-state index in [4.69, 9.17) is 5.73 Å². The number of hydrogen-bond donors (Lipinski definition) is 2. The van der Waals surface area contributed by atoms with Crippen LogP contribution in [0.2, 0.25) is 0 Å². The van der Waals surface area contributed by atoms with E-state index in [0.29, 0.717) is 11.7 Å². The number of hydrogen-bond acceptors (Lipinski definition) is 2. The monoisotopic (exact) mass is 218 g/mol. The van der Waals surface area contributed by atoms with Crippen LogP contribution in [0.15, 0.2) is 24.3 Å². The number of carbonyl (C=O) groups is 1. The molecule has 3 N–H and O–H groups in total. The minimum Gasteiger partial charge on any atom is -0.399 e. The van der Waals surface area contributed by atoms with Gasteiger partial charge in [-0.05, 0) is 43.9 Å². The SMILES string of the molecule is CC(C(=O)NC1CCC1)c1cccc(N)c1. The van der Waals surface area contributed by atoms with Gasteiger partial charge in [-0.3, -0.25) is 4.79 Å². The van der Waals surface area contributed by atoms with Crippen molar-refractivity contribution < 1.29 is 4.79 Å². The predicted molar refractivity (Wildman–Crippen MR) is 65.1 cm³/mol. The minimum absolute atomic E-state index is 0.107. The number of rotatable bonds is 3. The van der Waals surface area contributed by atoms with Crippen molar-refractivity contribution in [1.29, 1.82) is 0 Å². The molecule has 1 aliphatic carbocycles. The fraction of sp³-hybridized carbons (Fsp3) is 0.462. The molecule has 0 spiro atoms. The largest absolute Gasteiger partial charge is 0.399 e. The van der Waals surface area contributed by atoms with Gasteiger partial charge in [0.25, 0.3) is 0 Å². The molecule has 1 aromatic rings. The van der Waals surface area contributed by atoms with Gasteiger partial charge in [0.05, 0.1) is 5.92 Å². The zero-order valence-corrected chi connectivity index (χ0v) is 9.57. The highest BCUT2D eigenvalue weighted by atomic mass is 16.1. The third kappa shape index (κ3) is 2.35. The molecule has 3 heteroatoms. The van der Waals surface area contributed by atoms with Crippen molar-refractivity contribution in [3.05, 3.63) is 29.8 Å². The van der Waals surface area contributed by atoms with Gasteiger partial charge >= 0.3 is 0 Å². The Morgan fingerprint density at radius 2 is 2.25 bits per heavy atom. The van der Waals surface area contributed by atoms with Crippen molar-refractivity contribution in [3.63, 3.8) is 0 Å². The second kappa shape index (κ2) is 4.56. The lowest BCUT2D eigenvalue weighted by molar-refractivity contribution is -0.123. The molecule has 0 radical (unpaired) electrons. The van der Waals surface area contributed by atoms with Crippen molar-refractivity contribution in [1.82, 2.24) is 5.32 Å². The highest BCUT2D eigenvalue weighted by Gasteiger charge is 2.23. The lowest BCUT2D eigenvalue weighted by Crippen LogP contribution is -2.41. The van der Waals surface area contributed by atoms with E-state index >= 15 is 0 Å². The van der Waals surface area contributed by atoms with Crippen LogP contribution in [-0.2, 0) is 4.79 Å². The molecule has 0 heterocycles. The number of carbonyl (C=O) groups excluding carboxylic acids is 1. The smallest absolute Gasteiger partial charge is 0.227 e. The van der Waals surface area contributed by atoms with Gasteiger partial charge in [-0.1, -0.05) is 12.1 Å². The van der Waals surface area contributed by atoms with Crippen molar-refractivity contribution in [3.8, 4) is 0 Å². The van der Waals surface area contributed by atoms with Crippen LogP contribution in [0.3, 0.4) is 0 Å². The molecular weight excluding hydrogens is 200 g/mol. The zero-order valence-electron chi connectivity index (χ0n) is 9.57. The Hall–Kier alpha value is -1.51. The molecule has 0 saturated heterocycles. The molecule has 0 bridgehead atoms. The fourth-order valence-electron chi connectivity index (χ4n) is 1.86. The second-order valence-electron chi connectivity index (χ2n) is 4.53. The van der Waals surface area contributed by atoms with E-state index in [-0.39, 0.29) is 11.8 Å². The molecule has 0 aliphatic heterocycles. The van der Waals surface area contributed by atoms with E-state index in [1.165, 1.54) is 6.42 Å². The summed E-state index contributed by atoms with van der Waals surface area (Å²) < 4.78 is 0. The van der Waals surface area contributed by atoms with Gasteiger partial charge in [-0.15, -0.1) is 0 Å². The molecule has 1 aliphatic rings. The van der Waals surface area contributed by atoms with Crippen molar-refractivity contribution in [2.75, 3.05) is 5.73 Å². The lowest BCUT2D eigenvalue weighted by atomic mass is 9.91. The maximum absolute atomic E-state index is 11.9. The van der Waals surface area contributed by atoms with Crippen LogP contribution in [0.25, 0.3) is 0 Å². The Morgan fingerprint density at radius 1 is 1.50 bits per heavy atom. The van der Waals surface area contributed by atoms with Crippen LogP contribution in [-0.4, -0.2) is 11.9 Å². The maximum atomic E-state index is 11.9. The van der Waals surface area contributed by atoms with Gasteiger partial charge in [0.15, 0.2) is 0 Å². The summed E-state index contributed by atoms with van der Waals surface area (Å²) in [5.41, 5.74) is 7.40. The summed E-state index contributed by atoms with van der Waals surface area (Å²) in [4.78, 5) is 11.9. The first-order chi connectivity index (χ1) is 7.66. The Morgan fingerprint density at radius 3 is 2.81 bits per heavy atom. The zero-order chi connectivity index (χ0) is 11.5. The van der Waals surface area contributed by atoms with Gasteiger partial charge in [0.1, 0.15) is 0 Å². The molecule has 2 rings (SSSR count). The maximum Gasteiger partial charge on any atom is 0.227 e. The minimum atomic E-state index is -0.121. The van der Waals surface area contributed by atoms with Crippen LogP contribution in [0.5, 0.6) is 0 Å². The number of anilines is 1. The Kier molecular flexibility index (Phi) is 3.13. The molecule has 1 atom stereocenters. The average Bonchev–Trinajstić information content (AvgIpc) is 2.22. The van der Waals surface area contributed by atoms with Crippen molar-refractivity contribution in [2.45, 2.75) is 38.1 Å². The predicted octanol–water partition coefficient (Wildman–Crippen LogP) is 2.04. The Balaban J connectivity index is 2.00. The number of amides is 1. The van der Waals surface area contributed by atoms with E-state index in [2.05, 4.69) is 5.32 Å². The number of nitrogens with two attached hydrogens (primary N) is 1. The third-order valence-corrected chi connectivity index (χ3v) is 3.26. The topological polar surface area (TPSA) is 55.1 Å². The number of nitrogens with one attached hydrogen (secondary N) is 1. The standard InChI is InChI=1S/C13H18N2O/c1-9(10-4-2-5-11(14)8-10)13(16)15-12-6-3-7-12/h2,4-5,8-9,12H,3,6-7,14H2,1H3,(H,15,16). The Bertz CT molecular complexity index is 385.